The molecule has 0 aliphatic carbocycles. The third-order valence-electron chi connectivity index (χ3n) is 5.85. The number of aromatic nitrogens is 1. The molecule has 1 fully saturated rings. The molecule has 7 heteroatoms. The molecule has 0 atom stereocenters. The highest BCUT2D eigenvalue weighted by molar-refractivity contribution is 6.07. The van der Waals surface area contributed by atoms with Gasteiger partial charge in [0.1, 0.15) is 0 Å². The van der Waals surface area contributed by atoms with Gasteiger partial charge in [0, 0.05) is 50.3 Å². The van der Waals surface area contributed by atoms with Crippen molar-refractivity contribution in [2.45, 2.75) is 6.42 Å². The van der Waals surface area contributed by atoms with Crippen LogP contribution in [0.4, 0.5) is 0 Å². The molecular weight excluding hydrogens is 394 g/mol. The summed E-state index contributed by atoms with van der Waals surface area (Å²) in [4.78, 5) is 29.6. The molecule has 1 saturated heterocycles. The summed E-state index contributed by atoms with van der Waals surface area (Å²) in [5, 5.41) is 0.960. The predicted octanol–water partition coefficient (Wildman–Crippen LogP) is 2.72. The van der Waals surface area contributed by atoms with Gasteiger partial charge in [0.15, 0.2) is 11.5 Å². The first kappa shape index (κ1) is 20.8. The maximum atomic E-state index is 13.1. The lowest BCUT2D eigenvalue weighted by atomic mass is 10.1. The van der Waals surface area contributed by atoms with Crippen LogP contribution in [0.3, 0.4) is 0 Å². The second kappa shape index (κ2) is 8.71. The lowest BCUT2D eigenvalue weighted by Crippen LogP contribution is -2.51. The number of piperazine rings is 1. The van der Waals surface area contributed by atoms with Crippen molar-refractivity contribution < 1.29 is 19.1 Å². The number of fused-ring (bicyclic) bond motifs is 1. The second-order valence-corrected chi connectivity index (χ2v) is 7.71. The summed E-state index contributed by atoms with van der Waals surface area (Å²) in [5.74, 6) is 1.31. The minimum atomic E-state index is 0.0174. The summed E-state index contributed by atoms with van der Waals surface area (Å²) in [6, 6.07) is 13.4. The van der Waals surface area contributed by atoms with Crippen LogP contribution in [0.25, 0.3) is 10.9 Å². The number of benzene rings is 2. The average molecular weight is 421 g/mol. The van der Waals surface area contributed by atoms with Crippen molar-refractivity contribution >= 4 is 22.7 Å². The Balaban J connectivity index is 1.39. The molecule has 2 amide bonds. The first-order valence-corrected chi connectivity index (χ1v) is 10.3. The number of para-hydroxylation sites is 1. The summed E-state index contributed by atoms with van der Waals surface area (Å²) in [6.07, 6.45) is 2.18. The maximum Gasteiger partial charge on any atom is 0.256 e. The molecule has 0 saturated carbocycles. The van der Waals surface area contributed by atoms with Crippen molar-refractivity contribution in [1.29, 1.82) is 0 Å². The molecule has 0 unspecified atom stereocenters. The number of hydrogen-bond acceptors (Lipinski definition) is 4. The van der Waals surface area contributed by atoms with Crippen molar-refractivity contribution in [3.8, 4) is 11.5 Å². The molecule has 31 heavy (non-hydrogen) atoms. The van der Waals surface area contributed by atoms with Crippen LogP contribution in [0.2, 0.25) is 0 Å². The minimum absolute atomic E-state index is 0.0174. The van der Waals surface area contributed by atoms with E-state index in [9.17, 15) is 9.59 Å². The Kier molecular flexibility index (Phi) is 5.84. The number of methoxy groups -OCH3 is 2. The Bertz CT molecular complexity index is 1110. The molecule has 1 aliphatic heterocycles. The van der Waals surface area contributed by atoms with Crippen LogP contribution in [0.15, 0.2) is 48.7 Å². The molecule has 0 bridgehead atoms. The summed E-state index contributed by atoms with van der Waals surface area (Å²) in [6.45, 7) is 2.12. The van der Waals surface area contributed by atoms with Gasteiger partial charge in [-0.1, -0.05) is 24.3 Å². The third-order valence-corrected chi connectivity index (χ3v) is 5.85. The molecule has 162 valence electrons. The maximum absolute atomic E-state index is 13.1. The molecule has 7 nitrogen and oxygen atoms in total. The van der Waals surface area contributed by atoms with Gasteiger partial charge in [0.25, 0.3) is 5.91 Å². The number of rotatable bonds is 5. The van der Waals surface area contributed by atoms with Crippen molar-refractivity contribution in [3.63, 3.8) is 0 Å². The first-order valence-electron chi connectivity index (χ1n) is 10.3. The SMILES string of the molecule is COc1ccc(CC(=O)N2CCN(C(=O)c3cn(C)c4ccccc34)CC2)cc1OC. The number of amides is 2. The highest BCUT2D eigenvalue weighted by atomic mass is 16.5. The number of carbonyl (C=O) groups is 2. The lowest BCUT2D eigenvalue weighted by molar-refractivity contribution is -0.131. The number of aryl methyl sites for hydroxylation is 1. The molecule has 0 N–H and O–H groups in total. The molecule has 2 heterocycles. The minimum Gasteiger partial charge on any atom is -0.493 e. The Morgan fingerprint density at radius 1 is 0.903 bits per heavy atom. The molecule has 1 aliphatic rings. The van der Waals surface area contributed by atoms with Gasteiger partial charge in [-0.05, 0) is 23.8 Å². The highest BCUT2D eigenvalue weighted by Crippen LogP contribution is 2.28. The van der Waals surface area contributed by atoms with Gasteiger partial charge in [-0.2, -0.15) is 0 Å². The summed E-state index contributed by atoms with van der Waals surface area (Å²) >= 11 is 0. The highest BCUT2D eigenvalue weighted by Gasteiger charge is 2.26. The van der Waals surface area contributed by atoms with Crippen LogP contribution in [0.1, 0.15) is 15.9 Å². The smallest absolute Gasteiger partial charge is 0.256 e. The Labute approximate surface area is 181 Å². The fourth-order valence-corrected chi connectivity index (χ4v) is 4.12. The largest absolute Gasteiger partial charge is 0.493 e. The Morgan fingerprint density at radius 3 is 2.29 bits per heavy atom. The van der Waals surface area contributed by atoms with E-state index in [2.05, 4.69) is 0 Å². The van der Waals surface area contributed by atoms with E-state index in [4.69, 9.17) is 9.47 Å². The molecule has 2 aromatic carbocycles. The molecule has 4 rings (SSSR count). The van der Waals surface area contributed by atoms with Crippen LogP contribution in [0, 0.1) is 0 Å². The molecule has 0 radical (unpaired) electrons. The predicted molar refractivity (Wildman–Crippen MR) is 119 cm³/mol. The lowest BCUT2D eigenvalue weighted by Gasteiger charge is -2.34. The molecular formula is C24H27N3O4. The quantitative estimate of drug-likeness (QED) is 0.636. The Morgan fingerprint density at radius 2 is 1.58 bits per heavy atom. The van der Waals surface area contributed by atoms with E-state index < -0.39 is 0 Å². The second-order valence-electron chi connectivity index (χ2n) is 7.71. The van der Waals surface area contributed by atoms with Crippen LogP contribution in [-0.2, 0) is 18.3 Å². The van der Waals surface area contributed by atoms with Crippen molar-refractivity contribution in [2.75, 3.05) is 40.4 Å². The molecule has 3 aromatic rings. The van der Waals surface area contributed by atoms with E-state index in [1.54, 1.807) is 14.2 Å². The fourth-order valence-electron chi connectivity index (χ4n) is 4.12. The fraction of sp³-hybridized carbons (Fsp3) is 0.333. The average Bonchev–Trinajstić information content (AvgIpc) is 3.15. The van der Waals surface area contributed by atoms with E-state index in [-0.39, 0.29) is 18.2 Å². The number of nitrogens with zero attached hydrogens (tertiary/aromatic N) is 3. The zero-order chi connectivity index (χ0) is 22.0. The van der Waals surface area contributed by atoms with E-state index in [1.165, 1.54) is 0 Å². The molecule has 1 aromatic heterocycles. The summed E-state index contributed by atoms with van der Waals surface area (Å²) < 4.78 is 12.6. The van der Waals surface area contributed by atoms with Crippen molar-refractivity contribution in [3.05, 3.63) is 59.8 Å². The van der Waals surface area contributed by atoms with E-state index in [0.29, 0.717) is 43.2 Å². The van der Waals surface area contributed by atoms with Gasteiger partial charge in [0.05, 0.1) is 26.2 Å². The zero-order valence-corrected chi connectivity index (χ0v) is 18.1. The standard InChI is InChI=1S/C24H27N3O4/c1-25-16-19(18-6-4-5-7-20(18)25)24(29)27-12-10-26(11-13-27)23(28)15-17-8-9-21(30-2)22(14-17)31-3/h4-9,14,16H,10-13,15H2,1-3H3. The van der Waals surface area contributed by atoms with E-state index >= 15 is 0 Å². The number of carbonyl (C=O) groups excluding carboxylic acids is 2. The molecule has 0 spiro atoms. The van der Waals surface area contributed by atoms with Gasteiger partial charge in [-0.3, -0.25) is 9.59 Å². The van der Waals surface area contributed by atoms with Gasteiger partial charge in [0.2, 0.25) is 5.91 Å². The van der Waals surface area contributed by atoms with E-state index in [0.717, 1.165) is 16.5 Å². The van der Waals surface area contributed by atoms with E-state index in [1.807, 2.05) is 70.1 Å². The topological polar surface area (TPSA) is 64.0 Å². The summed E-state index contributed by atoms with van der Waals surface area (Å²) in [5.41, 5.74) is 2.62. The van der Waals surface area contributed by atoms with Gasteiger partial charge in [-0.15, -0.1) is 0 Å². The zero-order valence-electron chi connectivity index (χ0n) is 18.1. The normalized spacial score (nSPS) is 14.0. The van der Waals surface area contributed by atoms with Crippen molar-refractivity contribution in [2.24, 2.45) is 7.05 Å². The Hall–Kier alpha value is -3.48. The monoisotopic (exact) mass is 421 g/mol. The summed E-state index contributed by atoms with van der Waals surface area (Å²) in [7, 11) is 5.11. The van der Waals surface area contributed by atoms with Crippen LogP contribution < -0.4 is 9.47 Å². The first-order chi connectivity index (χ1) is 15.0. The van der Waals surface area contributed by atoms with Gasteiger partial charge < -0.3 is 23.8 Å². The van der Waals surface area contributed by atoms with Gasteiger partial charge >= 0.3 is 0 Å². The number of ether oxygens (including phenoxy) is 2. The van der Waals surface area contributed by atoms with Gasteiger partial charge in [-0.25, -0.2) is 0 Å². The van der Waals surface area contributed by atoms with Crippen LogP contribution >= 0.6 is 0 Å². The van der Waals surface area contributed by atoms with Crippen LogP contribution in [0.5, 0.6) is 11.5 Å². The third kappa shape index (κ3) is 4.08. The van der Waals surface area contributed by atoms with Crippen molar-refractivity contribution in [1.82, 2.24) is 14.4 Å². The number of hydrogen-bond donors (Lipinski definition) is 0. The van der Waals surface area contributed by atoms with Crippen LogP contribution in [-0.4, -0.2) is 66.6 Å².